The molecule has 5 nitrogen and oxygen atoms in total. The van der Waals surface area contributed by atoms with Crippen LogP contribution in [0.4, 0.5) is 5.82 Å². The first-order valence-electron chi connectivity index (χ1n) is 7.25. The van der Waals surface area contributed by atoms with Gasteiger partial charge >= 0.3 is 0 Å². The van der Waals surface area contributed by atoms with E-state index in [0.717, 1.165) is 19.6 Å². The van der Waals surface area contributed by atoms with E-state index in [4.69, 9.17) is 11.6 Å². The van der Waals surface area contributed by atoms with Gasteiger partial charge in [-0.25, -0.2) is 4.98 Å². The predicted octanol–water partition coefficient (Wildman–Crippen LogP) is 2.33. The number of carbonyl (C=O) groups excluding carboxylic acids is 1. The number of hydrogen-bond acceptors (Lipinski definition) is 4. The Hall–Kier alpha value is -1.33. The summed E-state index contributed by atoms with van der Waals surface area (Å²) in [6, 6.07) is 1.69. The fourth-order valence-corrected chi connectivity index (χ4v) is 2.68. The number of nitrogens with zero attached hydrogens (tertiary/aromatic N) is 3. The predicted molar refractivity (Wildman–Crippen MR) is 86.0 cm³/mol. The number of hydrogen-bond donors (Lipinski definition) is 1. The van der Waals surface area contributed by atoms with E-state index in [9.17, 15) is 4.79 Å². The Kier molecular flexibility index (Phi) is 4.74. The van der Waals surface area contributed by atoms with E-state index in [-0.39, 0.29) is 11.4 Å². The summed E-state index contributed by atoms with van der Waals surface area (Å²) >= 11 is 6.17. The van der Waals surface area contributed by atoms with Crippen LogP contribution in [-0.4, -0.2) is 59.5 Å². The third kappa shape index (κ3) is 3.47. The van der Waals surface area contributed by atoms with Crippen LogP contribution >= 0.6 is 11.6 Å². The molecule has 1 amide bonds. The summed E-state index contributed by atoms with van der Waals surface area (Å²) in [5, 5.41) is 3.55. The topological polar surface area (TPSA) is 48.5 Å². The number of carbonyl (C=O) groups is 1. The fourth-order valence-electron chi connectivity index (χ4n) is 2.45. The van der Waals surface area contributed by atoms with Crippen molar-refractivity contribution in [2.24, 2.45) is 0 Å². The first-order chi connectivity index (χ1) is 9.85. The summed E-state index contributed by atoms with van der Waals surface area (Å²) in [5.41, 5.74) is 0.525. The normalized spacial score (nSPS) is 18.6. The summed E-state index contributed by atoms with van der Waals surface area (Å²) in [5.74, 6) is 0.614. The lowest BCUT2D eigenvalue weighted by Crippen LogP contribution is -2.58. The fraction of sp³-hybridized carbons (Fsp3) is 0.600. The third-order valence-corrected chi connectivity index (χ3v) is 4.32. The molecule has 0 aromatic carbocycles. The molecule has 6 heteroatoms. The van der Waals surface area contributed by atoms with Crippen LogP contribution in [0.1, 0.15) is 31.1 Å². The zero-order valence-corrected chi connectivity index (χ0v) is 13.9. The molecule has 0 radical (unpaired) electrons. The average molecular weight is 311 g/mol. The van der Waals surface area contributed by atoms with Gasteiger partial charge < -0.3 is 10.2 Å². The van der Waals surface area contributed by atoms with Crippen LogP contribution in [0.3, 0.4) is 0 Å². The van der Waals surface area contributed by atoms with Gasteiger partial charge in [0.15, 0.2) is 0 Å². The van der Waals surface area contributed by atoms with E-state index in [1.807, 2.05) is 11.8 Å². The molecule has 0 aliphatic carbocycles. The van der Waals surface area contributed by atoms with Crippen LogP contribution < -0.4 is 5.32 Å². The molecular weight excluding hydrogens is 288 g/mol. The highest BCUT2D eigenvalue weighted by Gasteiger charge is 2.33. The molecule has 2 rings (SSSR count). The van der Waals surface area contributed by atoms with Gasteiger partial charge in [0, 0.05) is 37.9 Å². The first-order valence-corrected chi connectivity index (χ1v) is 7.63. The van der Waals surface area contributed by atoms with Crippen molar-refractivity contribution in [2.75, 3.05) is 38.5 Å². The Balaban J connectivity index is 2.15. The van der Waals surface area contributed by atoms with Gasteiger partial charge in [-0.2, -0.15) is 0 Å². The van der Waals surface area contributed by atoms with Crippen molar-refractivity contribution < 1.29 is 4.79 Å². The number of likely N-dealkylation sites (N-methyl/N-ethyl adjacent to an activating group) is 1. The maximum atomic E-state index is 12.6. The number of pyridine rings is 1. The van der Waals surface area contributed by atoms with Crippen LogP contribution in [0.15, 0.2) is 12.3 Å². The number of aromatic nitrogens is 1. The van der Waals surface area contributed by atoms with Gasteiger partial charge in [-0.1, -0.05) is 11.6 Å². The maximum absolute atomic E-state index is 12.6. The first kappa shape index (κ1) is 16.0. The van der Waals surface area contributed by atoms with E-state index < -0.39 is 0 Å². The monoisotopic (exact) mass is 310 g/mol. The lowest BCUT2D eigenvalue weighted by Gasteiger charge is -2.45. The summed E-state index contributed by atoms with van der Waals surface area (Å²) in [4.78, 5) is 21.0. The number of halogens is 1. The molecule has 21 heavy (non-hydrogen) atoms. The second-order valence-electron chi connectivity index (χ2n) is 6.05. The Morgan fingerprint density at radius 2 is 2.19 bits per heavy atom. The summed E-state index contributed by atoms with van der Waals surface area (Å²) in [6.45, 7) is 9.31. The molecule has 2 heterocycles. The Labute approximate surface area is 131 Å². The van der Waals surface area contributed by atoms with Gasteiger partial charge in [-0.05, 0) is 33.9 Å². The molecule has 1 N–H and O–H groups in total. The highest BCUT2D eigenvalue weighted by atomic mass is 35.5. The highest BCUT2D eigenvalue weighted by molar-refractivity contribution is 6.33. The van der Waals surface area contributed by atoms with E-state index in [1.54, 1.807) is 12.3 Å². The molecule has 1 aromatic heterocycles. The van der Waals surface area contributed by atoms with Gasteiger partial charge in [-0.3, -0.25) is 9.69 Å². The Morgan fingerprint density at radius 3 is 2.76 bits per heavy atom. The summed E-state index contributed by atoms with van der Waals surface area (Å²) in [7, 11) is 2.09. The molecule has 116 valence electrons. The minimum atomic E-state index is -0.0190. The van der Waals surface area contributed by atoms with Crippen molar-refractivity contribution >= 4 is 23.3 Å². The van der Waals surface area contributed by atoms with Crippen LogP contribution in [0.5, 0.6) is 0 Å². The molecule has 1 aliphatic heterocycles. The SMILES string of the molecule is CCNc1ncc(C(=O)N2CCN(C)C(C)(C)C2)cc1Cl. The molecule has 1 aromatic rings. The Morgan fingerprint density at radius 1 is 1.48 bits per heavy atom. The number of amides is 1. The van der Waals surface area contributed by atoms with Crippen molar-refractivity contribution in [2.45, 2.75) is 26.3 Å². The quantitative estimate of drug-likeness (QED) is 0.931. The minimum absolute atomic E-state index is 0.00590. The van der Waals surface area contributed by atoms with E-state index in [0.29, 0.717) is 22.9 Å². The van der Waals surface area contributed by atoms with Gasteiger partial charge in [0.1, 0.15) is 5.82 Å². The summed E-state index contributed by atoms with van der Waals surface area (Å²) in [6.07, 6.45) is 1.59. The number of piperazine rings is 1. The second kappa shape index (κ2) is 6.20. The highest BCUT2D eigenvalue weighted by Crippen LogP contribution is 2.23. The van der Waals surface area contributed by atoms with Crippen molar-refractivity contribution in [3.8, 4) is 0 Å². The van der Waals surface area contributed by atoms with Crippen LogP contribution in [-0.2, 0) is 0 Å². The molecule has 0 saturated carbocycles. The molecule has 0 spiro atoms. The maximum Gasteiger partial charge on any atom is 0.255 e. The standard InChI is InChI=1S/C15H23ClN4O/c1-5-17-13-12(16)8-11(9-18-13)14(21)20-7-6-19(4)15(2,3)10-20/h8-9H,5-7,10H2,1-4H3,(H,17,18). The average Bonchev–Trinajstić information content (AvgIpc) is 2.43. The van der Waals surface area contributed by atoms with Crippen LogP contribution in [0.2, 0.25) is 5.02 Å². The minimum Gasteiger partial charge on any atom is -0.369 e. The van der Waals surface area contributed by atoms with Crippen molar-refractivity contribution in [3.05, 3.63) is 22.8 Å². The lowest BCUT2D eigenvalue weighted by atomic mass is 9.99. The van der Waals surface area contributed by atoms with Crippen LogP contribution in [0, 0.1) is 0 Å². The molecular formula is C15H23ClN4O. The van der Waals surface area contributed by atoms with E-state index >= 15 is 0 Å². The molecule has 0 bridgehead atoms. The van der Waals surface area contributed by atoms with Crippen molar-refractivity contribution in [1.82, 2.24) is 14.8 Å². The zero-order valence-electron chi connectivity index (χ0n) is 13.1. The molecule has 0 atom stereocenters. The molecule has 1 saturated heterocycles. The van der Waals surface area contributed by atoms with E-state index in [1.165, 1.54) is 0 Å². The van der Waals surface area contributed by atoms with Gasteiger partial charge in [-0.15, -0.1) is 0 Å². The van der Waals surface area contributed by atoms with Crippen molar-refractivity contribution in [3.63, 3.8) is 0 Å². The number of rotatable bonds is 3. The lowest BCUT2D eigenvalue weighted by molar-refractivity contribution is 0.0311. The second-order valence-corrected chi connectivity index (χ2v) is 6.45. The zero-order chi connectivity index (χ0) is 15.6. The van der Waals surface area contributed by atoms with Gasteiger partial charge in [0.2, 0.25) is 0 Å². The summed E-state index contributed by atoms with van der Waals surface area (Å²) < 4.78 is 0. The largest absolute Gasteiger partial charge is 0.369 e. The molecule has 1 aliphatic rings. The molecule has 0 unspecified atom stereocenters. The Bertz CT molecular complexity index is 532. The van der Waals surface area contributed by atoms with Crippen LogP contribution in [0.25, 0.3) is 0 Å². The molecule has 1 fully saturated rings. The number of nitrogens with one attached hydrogen (secondary N) is 1. The smallest absolute Gasteiger partial charge is 0.255 e. The third-order valence-electron chi connectivity index (χ3n) is 4.04. The van der Waals surface area contributed by atoms with Gasteiger partial charge in [0.05, 0.1) is 10.6 Å². The van der Waals surface area contributed by atoms with Crippen molar-refractivity contribution in [1.29, 1.82) is 0 Å². The van der Waals surface area contributed by atoms with Gasteiger partial charge in [0.25, 0.3) is 5.91 Å². The number of anilines is 1. The van der Waals surface area contributed by atoms with E-state index in [2.05, 4.69) is 36.1 Å².